The summed E-state index contributed by atoms with van der Waals surface area (Å²) < 4.78 is 10.6. The molecule has 1 saturated heterocycles. The third-order valence-corrected chi connectivity index (χ3v) is 2.85. The molecular weight excluding hydrogens is 206 g/mol. The zero-order valence-electron chi connectivity index (χ0n) is 10.3. The summed E-state index contributed by atoms with van der Waals surface area (Å²) in [6.07, 6.45) is 4.49. The lowest BCUT2D eigenvalue weighted by Crippen LogP contribution is -2.42. The van der Waals surface area contributed by atoms with Gasteiger partial charge < -0.3 is 14.8 Å². The van der Waals surface area contributed by atoms with Crippen LogP contribution < -0.4 is 5.32 Å². The minimum Gasteiger partial charge on any atom is -0.465 e. The van der Waals surface area contributed by atoms with Crippen molar-refractivity contribution in [3.05, 3.63) is 0 Å². The van der Waals surface area contributed by atoms with E-state index in [1.807, 2.05) is 13.8 Å². The molecule has 2 unspecified atom stereocenters. The summed E-state index contributed by atoms with van der Waals surface area (Å²) in [6.45, 7) is 5.85. The lowest BCUT2D eigenvalue weighted by molar-refractivity contribution is -0.145. The summed E-state index contributed by atoms with van der Waals surface area (Å²) in [5, 5.41) is 3.22. The standard InChI is InChI=1S/C12H23NO3/c1-3-11(12(14)15-4-2)13-9-10-7-5-6-8-16-10/h10-11,13H,3-9H2,1-2H3. The van der Waals surface area contributed by atoms with Crippen molar-refractivity contribution in [1.29, 1.82) is 0 Å². The zero-order chi connectivity index (χ0) is 11.8. The Labute approximate surface area is 97.7 Å². The average molecular weight is 229 g/mol. The molecule has 1 aliphatic rings. The van der Waals surface area contributed by atoms with Gasteiger partial charge in [-0.2, -0.15) is 0 Å². The van der Waals surface area contributed by atoms with Crippen molar-refractivity contribution in [3.63, 3.8) is 0 Å². The highest BCUT2D eigenvalue weighted by molar-refractivity contribution is 5.75. The minimum atomic E-state index is -0.189. The van der Waals surface area contributed by atoms with Crippen molar-refractivity contribution >= 4 is 5.97 Å². The molecule has 0 aliphatic carbocycles. The molecule has 0 aromatic rings. The monoisotopic (exact) mass is 229 g/mol. The van der Waals surface area contributed by atoms with Gasteiger partial charge in [-0.1, -0.05) is 6.92 Å². The van der Waals surface area contributed by atoms with E-state index in [0.29, 0.717) is 6.61 Å². The van der Waals surface area contributed by atoms with E-state index in [1.54, 1.807) is 0 Å². The first-order valence-corrected chi connectivity index (χ1v) is 6.29. The molecule has 1 N–H and O–H groups in total. The highest BCUT2D eigenvalue weighted by Crippen LogP contribution is 2.12. The van der Waals surface area contributed by atoms with Crippen LogP contribution in [0.25, 0.3) is 0 Å². The molecule has 1 heterocycles. The fraction of sp³-hybridized carbons (Fsp3) is 0.917. The van der Waals surface area contributed by atoms with Crippen molar-refractivity contribution in [2.75, 3.05) is 19.8 Å². The second kappa shape index (κ2) is 7.63. The van der Waals surface area contributed by atoms with Crippen LogP contribution in [0.5, 0.6) is 0 Å². The van der Waals surface area contributed by atoms with Gasteiger partial charge >= 0.3 is 5.97 Å². The highest BCUT2D eigenvalue weighted by Gasteiger charge is 2.20. The van der Waals surface area contributed by atoms with Crippen LogP contribution in [-0.4, -0.2) is 37.9 Å². The van der Waals surface area contributed by atoms with Crippen LogP contribution >= 0.6 is 0 Å². The number of carbonyl (C=O) groups excluding carboxylic acids is 1. The van der Waals surface area contributed by atoms with Crippen molar-refractivity contribution in [1.82, 2.24) is 5.32 Å². The zero-order valence-corrected chi connectivity index (χ0v) is 10.3. The molecule has 0 spiro atoms. The third kappa shape index (κ3) is 4.49. The topological polar surface area (TPSA) is 47.6 Å². The number of rotatable bonds is 6. The quantitative estimate of drug-likeness (QED) is 0.701. The first kappa shape index (κ1) is 13.5. The van der Waals surface area contributed by atoms with Crippen LogP contribution in [0, 0.1) is 0 Å². The van der Waals surface area contributed by atoms with Crippen LogP contribution in [0.3, 0.4) is 0 Å². The van der Waals surface area contributed by atoms with Gasteiger partial charge in [-0.15, -0.1) is 0 Å². The van der Waals surface area contributed by atoms with E-state index < -0.39 is 0 Å². The molecule has 0 aromatic heterocycles. The summed E-state index contributed by atoms with van der Waals surface area (Å²) >= 11 is 0. The number of hydrogen-bond acceptors (Lipinski definition) is 4. The molecule has 0 saturated carbocycles. The first-order chi connectivity index (χ1) is 7.77. The number of ether oxygens (including phenoxy) is 2. The van der Waals surface area contributed by atoms with Gasteiger partial charge in [0.15, 0.2) is 0 Å². The molecule has 4 heteroatoms. The smallest absolute Gasteiger partial charge is 0.323 e. The molecule has 94 valence electrons. The molecule has 0 bridgehead atoms. The minimum absolute atomic E-state index is 0.152. The maximum atomic E-state index is 11.5. The molecule has 4 nitrogen and oxygen atoms in total. The van der Waals surface area contributed by atoms with E-state index >= 15 is 0 Å². The van der Waals surface area contributed by atoms with Gasteiger partial charge in [0.1, 0.15) is 6.04 Å². The van der Waals surface area contributed by atoms with E-state index in [2.05, 4.69) is 5.32 Å². The molecule has 0 amide bonds. The molecule has 1 aliphatic heterocycles. The Hall–Kier alpha value is -0.610. The Kier molecular flexibility index (Phi) is 6.42. The molecule has 0 radical (unpaired) electrons. The van der Waals surface area contributed by atoms with Crippen LogP contribution in [0.2, 0.25) is 0 Å². The maximum Gasteiger partial charge on any atom is 0.323 e. The van der Waals surface area contributed by atoms with E-state index in [-0.39, 0.29) is 18.1 Å². The van der Waals surface area contributed by atoms with E-state index in [4.69, 9.17) is 9.47 Å². The Morgan fingerprint density at radius 3 is 2.88 bits per heavy atom. The summed E-state index contributed by atoms with van der Waals surface area (Å²) in [5.41, 5.74) is 0. The highest BCUT2D eigenvalue weighted by atomic mass is 16.5. The van der Waals surface area contributed by atoms with Gasteiger partial charge in [-0.05, 0) is 32.6 Å². The molecule has 16 heavy (non-hydrogen) atoms. The third-order valence-electron chi connectivity index (χ3n) is 2.85. The van der Waals surface area contributed by atoms with Gasteiger partial charge in [0.05, 0.1) is 12.7 Å². The average Bonchev–Trinajstić information content (AvgIpc) is 2.31. The number of hydrogen-bond donors (Lipinski definition) is 1. The molecule has 1 fully saturated rings. The van der Waals surface area contributed by atoms with Gasteiger partial charge in [0.25, 0.3) is 0 Å². The van der Waals surface area contributed by atoms with Gasteiger partial charge in [0.2, 0.25) is 0 Å². The molecular formula is C12H23NO3. The second-order valence-corrected chi connectivity index (χ2v) is 4.11. The van der Waals surface area contributed by atoms with Gasteiger partial charge in [-0.25, -0.2) is 0 Å². The number of esters is 1. The Morgan fingerprint density at radius 1 is 1.50 bits per heavy atom. The lowest BCUT2D eigenvalue weighted by Gasteiger charge is -2.24. The predicted molar refractivity (Wildman–Crippen MR) is 62.3 cm³/mol. The van der Waals surface area contributed by atoms with Crippen molar-refractivity contribution in [2.24, 2.45) is 0 Å². The molecule has 1 rings (SSSR count). The van der Waals surface area contributed by atoms with Crippen molar-refractivity contribution in [3.8, 4) is 0 Å². The lowest BCUT2D eigenvalue weighted by atomic mass is 10.1. The molecule has 2 atom stereocenters. The van der Waals surface area contributed by atoms with E-state index in [9.17, 15) is 4.79 Å². The first-order valence-electron chi connectivity index (χ1n) is 6.29. The fourth-order valence-electron chi connectivity index (χ4n) is 1.88. The maximum absolute atomic E-state index is 11.5. The molecule has 0 aromatic carbocycles. The summed E-state index contributed by atoms with van der Waals surface area (Å²) in [5.74, 6) is -0.152. The Balaban J connectivity index is 2.24. The summed E-state index contributed by atoms with van der Waals surface area (Å²) in [7, 11) is 0. The second-order valence-electron chi connectivity index (χ2n) is 4.11. The van der Waals surface area contributed by atoms with Gasteiger partial charge in [0, 0.05) is 13.2 Å². The van der Waals surface area contributed by atoms with Crippen LogP contribution in [-0.2, 0) is 14.3 Å². The summed E-state index contributed by atoms with van der Waals surface area (Å²) in [6, 6.07) is -0.189. The Morgan fingerprint density at radius 2 is 2.31 bits per heavy atom. The van der Waals surface area contributed by atoms with Crippen LogP contribution in [0.1, 0.15) is 39.5 Å². The summed E-state index contributed by atoms with van der Waals surface area (Å²) in [4.78, 5) is 11.5. The number of nitrogens with one attached hydrogen (secondary N) is 1. The fourth-order valence-corrected chi connectivity index (χ4v) is 1.88. The van der Waals surface area contributed by atoms with E-state index in [1.165, 1.54) is 6.42 Å². The SMILES string of the molecule is CCOC(=O)C(CC)NCC1CCCCO1. The van der Waals surface area contributed by atoms with Crippen LogP contribution in [0.4, 0.5) is 0 Å². The van der Waals surface area contributed by atoms with E-state index in [0.717, 1.165) is 32.4 Å². The van der Waals surface area contributed by atoms with Crippen LogP contribution in [0.15, 0.2) is 0 Å². The van der Waals surface area contributed by atoms with Crippen molar-refractivity contribution in [2.45, 2.75) is 51.7 Å². The predicted octanol–water partition coefficient (Wildman–Crippen LogP) is 1.49. The van der Waals surface area contributed by atoms with Gasteiger partial charge in [-0.3, -0.25) is 4.79 Å². The van der Waals surface area contributed by atoms with Crippen molar-refractivity contribution < 1.29 is 14.3 Å². The normalized spacial score (nSPS) is 22.8. The number of carbonyl (C=O) groups is 1. The Bertz CT molecular complexity index is 202. The largest absolute Gasteiger partial charge is 0.465 e.